The topological polar surface area (TPSA) is 73.6 Å². The number of carbonyl (C=O) groups is 1. The third kappa shape index (κ3) is 2.44. The summed E-state index contributed by atoms with van der Waals surface area (Å²) in [5.41, 5.74) is 2.36. The summed E-state index contributed by atoms with van der Waals surface area (Å²) in [6, 6.07) is 7.73. The maximum Gasteiger partial charge on any atom is 0.334 e. The molecule has 1 N–H and O–H groups in total. The number of carboxylic acid groups (broad SMARTS) is 1. The smallest absolute Gasteiger partial charge is 0.334 e. The molecule has 0 spiro atoms. The molecule has 1 aliphatic heterocycles. The van der Waals surface area contributed by atoms with Crippen molar-refractivity contribution in [2.24, 2.45) is 0 Å². The van der Waals surface area contributed by atoms with Crippen molar-refractivity contribution in [3.05, 3.63) is 29.3 Å². The van der Waals surface area contributed by atoms with Crippen LogP contribution in [0.4, 0.5) is 5.69 Å². The minimum Gasteiger partial charge on any atom is -0.479 e. The zero-order valence-corrected chi connectivity index (χ0v) is 10.1. The number of hydrogen-bond acceptors (Lipinski definition) is 4. The molecule has 1 atom stereocenters. The van der Waals surface area contributed by atoms with Crippen LogP contribution in [0.3, 0.4) is 0 Å². The number of ether oxygens (including phenoxy) is 1. The molecule has 1 fully saturated rings. The second kappa shape index (κ2) is 5.07. The summed E-state index contributed by atoms with van der Waals surface area (Å²) >= 11 is 0. The Kier molecular flexibility index (Phi) is 3.49. The van der Waals surface area contributed by atoms with Gasteiger partial charge in [-0.05, 0) is 24.6 Å². The van der Waals surface area contributed by atoms with Crippen LogP contribution < -0.4 is 4.90 Å². The van der Waals surface area contributed by atoms with Crippen molar-refractivity contribution in [2.45, 2.75) is 13.0 Å². The lowest BCUT2D eigenvalue weighted by atomic mass is 10.1. The van der Waals surface area contributed by atoms with Crippen LogP contribution in [0, 0.1) is 18.3 Å². The van der Waals surface area contributed by atoms with Crippen molar-refractivity contribution >= 4 is 11.7 Å². The van der Waals surface area contributed by atoms with Gasteiger partial charge < -0.3 is 14.7 Å². The number of nitriles is 1. The highest BCUT2D eigenvalue weighted by Gasteiger charge is 2.27. The van der Waals surface area contributed by atoms with Crippen LogP contribution in [0.5, 0.6) is 0 Å². The zero-order valence-electron chi connectivity index (χ0n) is 10.1. The molecule has 5 nitrogen and oxygen atoms in total. The first-order chi connectivity index (χ1) is 8.61. The number of aryl methyl sites for hydroxylation is 1. The number of carboxylic acids is 1. The monoisotopic (exact) mass is 246 g/mol. The minimum atomic E-state index is -0.967. The van der Waals surface area contributed by atoms with E-state index in [0.29, 0.717) is 18.7 Å². The van der Waals surface area contributed by atoms with Crippen LogP contribution >= 0.6 is 0 Å². The summed E-state index contributed by atoms with van der Waals surface area (Å²) in [6.07, 6.45) is -0.827. The van der Waals surface area contributed by atoms with E-state index in [2.05, 4.69) is 6.07 Å². The molecule has 1 aliphatic rings. The Morgan fingerprint density at radius 2 is 2.39 bits per heavy atom. The van der Waals surface area contributed by atoms with Crippen molar-refractivity contribution in [2.75, 3.05) is 24.6 Å². The third-order valence-electron chi connectivity index (χ3n) is 2.96. The molecule has 1 aromatic carbocycles. The van der Waals surface area contributed by atoms with Crippen LogP contribution in [-0.4, -0.2) is 36.9 Å². The summed E-state index contributed by atoms with van der Waals surface area (Å²) in [7, 11) is 0. The Labute approximate surface area is 105 Å². The SMILES string of the molecule is Cc1ccc(N2CCOC(C(=O)O)C2)c(C#N)c1. The van der Waals surface area contributed by atoms with Gasteiger partial charge in [-0.15, -0.1) is 0 Å². The molecule has 5 heteroatoms. The molecular formula is C13H14N2O3. The molecule has 1 saturated heterocycles. The molecule has 94 valence electrons. The first kappa shape index (κ1) is 12.4. The largest absolute Gasteiger partial charge is 0.479 e. The number of aliphatic carboxylic acids is 1. The third-order valence-corrected chi connectivity index (χ3v) is 2.96. The minimum absolute atomic E-state index is 0.271. The summed E-state index contributed by atoms with van der Waals surface area (Å²) < 4.78 is 5.16. The predicted molar refractivity (Wildman–Crippen MR) is 65.5 cm³/mol. The maximum atomic E-state index is 10.9. The molecule has 1 aromatic rings. The molecule has 1 heterocycles. The first-order valence-corrected chi connectivity index (χ1v) is 5.72. The van der Waals surface area contributed by atoms with Crippen LogP contribution in [0.15, 0.2) is 18.2 Å². The summed E-state index contributed by atoms with van der Waals surface area (Å²) in [4.78, 5) is 12.8. The average Bonchev–Trinajstić information content (AvgIpc) is 2.38. The van der Waals surface area contributed by atoms with Crippen molar-refractivity contribution < 1.29 is 14.6 Å². The predicted octanol–water partition coefficient (Wildman–Crippen LogP) is 1.16. The fraction of sp³-hybridized carbons (Fsp3) is 0.385. The second-order valence-corrected chi connectivity index (χ2v) is 4.28. The van der Waals surface area contributed by atoms with E-state index >= 15 is 0 Å². The highest BCUT2D eigenvalue weighted by Crippen LogP contribution is 2.23. The number of anilines is 1. The number of benzene rings is 1. The molecule has 0 aromatic heterocycles. The van der Waals surface area contributed by atoms with E-state index < -0.39 is 12.1 Å². The molecule has 0 amide bonds. The van der Waals surface area contributed by atoms with Gasteiger partial charge in [0.05, 0.1) is 24.4 Å². The van der Waals surface area contributed by atoms with E-state index in [1.54, 1.807) is 6.07 Å². The Bertz CT molecular complexity index is 507. The van der Waals surface area contributed by atoms with E-state index in [1.165, 1.54) is 0 Å². The lowest BCUT2D eigenvalue weighted by Crippen LogP contribution is -2.46. The fourth-order valence-electron chi connectivity index (χ4n) is 2.03. The molecule has 0 aliphatic carbocycles. The first-order valence-electron chi connectivity index (χ1n) is 5.72. The van der Waals surface area contributed by atoms with Gasteiger partial charge in [0.15, 0.2) is 6.10 Å². The second-order valence-electron chi connectivity index (χ2n) is 4.28. The van der Waals surface area contributed by atoms with Crippen molar-refractivity contribution in [1.82, 2.24) is 0 Å². The Morgan fingerprint density at radius 3 is 3.06 bits per heavy atom. The maximum absolute atomic E-state index is 10.9. The van der Waals surface area contributed by atoms with Gasteiger partial charge in [0.25, 0.3) is 0 Å². The standard InChI is InChI=1S/C13H14N2O3/c1-9-2-3-11(10(6-9)7-14)15-4-5-18-12(8-15)13(16)17/h2-3,6,12H,4-5,8H2,1H3,(H,16,17). The lowest BCUT2D eigenvalue weighted by Gasteiger charge is -2.33. The molecule has 0 saturated carbocycles. The van der Waals surface area contributed by atoms with Gasteiger partial charge in [-0.25, -0.2) is 4.79 Å². The summed E-state index contributed by atoms with van der Waals surface area (Å²) in [5.74, 6) is -0.967. The van der Waals surface area contributed by atoms with Gasteiger partial charge in [-0.1, -0.05) is 6.07 Å². The number of hydrogen-bond donors (Lipinski definition) is 1. The summed E-state index contributed by atoms with van der Waals surface area (Å²) in [5, 5.41) is 18.1. The highest BCUT2D eigenvalue weighted by atomic mass is 16.5. The van der Waals surface area contributed by atoms with Gasteiger partial charge in [0.2, 0.25) is 0 Å². The van der Waals surface area contributed by atoms with Gasteiger partial charge in [0, 0.05) is 6.54 Å². The van der Waals surface area contributed by atoms with Crippen molar-refractivity contribution in [1.29, 1.82) is 5.26 Å². The normalized spacial score (nSPS) is 19.3. The molecule has 1 unspecified atom stereocenters. The Hall–Kier alpha value is -2.06. The van der Waals surface area contributed by atoms with Crippen LogP contribution in [-0.2, 0) is 9.53 Å². The molecular weight excluding hydrogens is 232 g/mol. The van der Waals surface area contributed by atoms with Crippen molar-refractivity contribution in [3.8, 4) is 6.07 Å². The number of nitrogens with zero attached hydrogens (tertiary/aromatic N) is 2. The van der Waals surface area contributed by atoms with E-state index in [9.17, 15) is 4.79 Å². The van der Waals surface area contributed by atoms with E-state index in [1.807, 2.05) is 24.0 Å². The van der Waals surface area contributed by atoms with Gasteiger partial charge in [-0.3, -0.25) is 0 Å². The quantitative estimate of drug-likeness (QED) is 0.847. The zero-order chi connectivity index (χ0) is 13.1. The molecule has 0 radical (unpaired) electrons. The van der Waals surface area contributed by atoms with Crippen molar-refractivity contribution in [3.63, 3.8) is 0 Å². The van der Waals surface area contributed by atoms with E-state index in [4.69, 9.17) is 15.1 Å². The number of rotatable bonds is 2. The lowest BCUT2D eigenvalue weighted by molar-refractivity contribution is -0.150. The van der Waals surface area contributed by atoms with Crippen LogP contribution in [0.25, 0.3) is 0 Å². The average molecular weight is 246 g/mol. The van der Waals surface area contributed by atoms with Gasteiger partial charge >= 0.3 is 5.97 Å². The van der Waals surface area contributed by atoms with Gasteiger partial charge in [-0.2, -0.15) is 5.26 Å². The molecule has 18 heavy (non-hydrogen) atoms. The Balaban J connectivity index is 2.26. The Morgan fingerprint density at radius 1 is 1.61 bits per heavy atom. The van der Waals surface area contributed by atoms with Crippen LogP contribution in [0.2, 0.25) is 0 Å². The van der Waals surface area contributed by atoms with Gasteiger partial charge in [0.1, 0.15) is 6.07 Å². The number of morpholine rings is 1. The van der Waals surface area contributed by atoms with Crippen LogP contribution in [0.1, 0.15) is 11.1 Å². The fourth-order valence-corrected chi connectivity index (χ4v) is 2.03. The molecule has 2 rings (SSSR count). The highest BCUT2D eigenvalue weighted by molar-refractivity contribution is 5.74. The van der Waals surface area contributed by atoms with E-state index in [-0.39, 0.29) is 6.54 Å². The molecule has 0 bridgehead atoms. The van der Waals surface area contributed by atoms with E-state index in [0.717, 1.165) is 11.3 Å². The summed E-state index contributed by atoms with van der Waals surface area (Å²) in [6.45, 7) is 3.15.